The van der Waals surface area contributed by atoms with Gasteiger partial charge in [-0.25, -0.2) is 4.68 Å². The Morgan fingerprint density at radius 1 is 1.00 bits per heavy atom. The van der Waals surface area contributed by atoms with Crippen molar-refractivity contribution in [1.82, 2.24) is 14.7 Å². The quantitative estimate of drug-likeness (QED) is 0.794. The SMILES string of the molecule is COc1cc(OC)cc(C(=O)N2CCC(n3nc(C4CC4)ccc3=O)CC2)c1. The van der Waals surface area contributed by atoms with Crippen LogP contribution in [0, 0.1) is 0 Å². The molecule has 0 unspecified atom stereocenters. The maximum absolute atomic E-state index is 12.9. The van der Waals surface area contributed by atoms with Gasteiger partial charge in [0.15, 0.2) is 0 Å². The van der Waals surface area contributed by atoms with E-state index in [9.17, 15) is 9.59 Å². The summed E-state index contributed by atoms with van der Waals surface area (Å²) < 4.78 is 12.2. The number of hydrogen-bond donors (Lipinski definition) is 0. The molecule has 0 radical (unpaired) electrons. The number of rotatable bonds is 5. The highest BCUT2D eigenvalue weighted by Crippen LogP contribution is 2.38. The Morgan fingerprint density at radius 3 is 2.21 bits per heavy atom. The fourth-order valence-corrected chi connectivity index (χ4v) is 3.73. The lowest BCUT2D eigenvalue weighted by Gasteiger charge is -2.32. The molecule has 1 aliphatic heterocycles. The summed E-state index contributed by atoms with van der Waals surface area (Å²) in [6, 6.07) is 8.71. The van der Waals surface area contributed by atoms with E-state index in [2.05, 4.69) is 5.10 Å². The van der Waals surface area contributed by atoms with Crippen molar-refractivity contribution in [2.75, 3.05) is 27.3 Å². The molecule has 1 amide bonds. The number of hydrogen-bond acceptors (Lipinski definition) is 5. The van der Waals surface area contributed by atoms with Gasteiger partial charge in [0.25, 0.3) is 11.5 Å². The number of ether oxygens (including phenoxy) is 2. The normalized spacial score (nSPS) is 17.4. The molecule has 0 atom stereocenters. The van der Waals surface area contributed by atoms with Crippen LogP contribution in [0.25, 0.3) is 0 Å². The second-order valence-corrected chi connectivity index (χ2v) is 7.44. The van der Waals surface area contributed by atoms with Gasteiger partial charge in [-0.1, -0.05) is 0 Å². The summed E-state index contributed by atoms with van der Waals surface area (Å²) in [6.07, 6.45) is 3.74. The first kappa shape index (κ1) is 18.5. The van der Waals surface area contributed by atoms with Crippen LogP contribution in [0.2, 0.25) is 0 Å². The lowest BCUT2D eigenvalue weighted by molar-refractivity contribution is 0.0687. The Balaban J connectivity index is 1.46. The monoisotopic (exact) mass is 383 g/mol. The third-order valence-electron chi connectivity index (χ3n) is 5.54. The smallest absolute Gasteiger partial charge is 0.267 e. The minimum atomic E-state index is -0.0632. The van der Waals surface area contributed by atoms with Crippen LogP contribution < -0.4 is 15.0 Å². The number of benzene rings is 1. The van der Waals surface area contributed by atoms with Crippen LogP contribution >= 0.6 is 0 Å². The fourth-order valence-electron chi connectivity index (χ4n) is 3.73. The number of methoxy groups -OCH3 is 2. The lowest BCUT2D eigenvalue weighted by atomic mass is 10.0. The summed E-state index contributed by atoms with van der Waals surface area (Å²) in [6.45, 7) is 1.18. The minimum Gasteiger partial charge on any atom is -0.497 e. The molecule has 0 bridgehead atoms. The average molecular weight is 383 g/mol. The molecule has 0 N–H and O–H groups in total. The van der Waals surface area contributed by atoms with Crippen molar-refractivity contribution >= 4 is 5.91 Å². The molecule has 1 aliphatic carbocycles. The van der Waals surface area contributed by atoms with Crippen LogP contribution in [0.1, 0.15) is 53.7 Å². The van der Waals surface area contributed by atoms with Gasteiger partial charge in [-0.2, -0.15) is 5.10 Å². The predicted molar refractivity (Wildman–Crippen MR) is 104 cm³/mol. The molecular formula is C21H25N3O4. The Morgan fingerprint density at radius 2 is 1.64 bits per heavy atom. The first-order valence-corrected chi connectivity index (χ1v) is 9.71. The molecule has 2 fully saturated rings. The molecule has 1 saturated heterocycles. The Hall–Kier alpha value is -2.83. The molecule has 1 aromatic carbocycles. The molecule has 1 saturated carbocycles. The first-order chi connectivity index (χ1) is 13.6. The number of nitrogens with zero attached hydrogens (tertiary/aromatic N) is 3. The van der Waals surface area contributed by atoms with Gasteiger partial charge in [0, 0.05) is 36.7 Å². The van der Waals surface area contributed by atoms with Gasteiger partial charge >= 0.3 is 0 Å². The summed E-state index contributed by atoms with van der Waals surface area (Å²) in [7, 11) is 3.13. The van der Waals surface area contributed by atoms with Crippen molar-refractivity contribution in [2.24, 2.45) is 0 Å². The van der Waals surface area contributed by atoms with E-state index in [1.807, 2.05) is 11.0 Å². The van der Waals surface area contributed by atoms with Gasteiger partial charge in [0.2, 0.25) is 0 Å². The van der Waals surface area contributed by atoms with Crippen molar-refractivity contribution in [2.45, 2.75) is 37.6 Å². The maximum atomic E-state index is 12.9. The molecule has 2 aromatic rings. The molecule has 1 aromatic heterocycles. The van der Waals surface area contributed by atoms with Crippen LogP contribution in [0.5, 0.6) is 11.5 Å². The maximum Gasteiger partial charge on any atom is 0.267 e. The topological polar surface area (TPSA) is 73.7 Å². The van der Waals surface area contributed by atoms with E-state index in [0.29, 0.717) is 48.9 Å². The van der Waals surface area contributed by atoms with E-state index in [-0.39, 0.29) is 17.5 Å². The zero-order chi connectivity index (χ0) is 19.7. The first-order valence-electron chi connectivity index (χ1n) is 9.71. The summed E-state index contributed by atoms with van der Waals surface area (Å²) in [5.41, 5.74) is 1.49. The van der Waals surface area contributed by atoms with Gasteiger partial charge in [0.05, 0.1) is 26.0 Å². The van der Waals surface area contributed by atoms with Crippen LogP contribution in [-0.4, -0.2) is 47.9 Å². The molecular weight excluding hydrogens is 358 g/mol. The Kier molecular flexibility index (Phi) is 5.07. The van der Waals surface area contributed by atoms with Crippen molar-refractivity contribution in [3.8, 4) is 11.5 Å². The fraction of sp³-hybridized carbons (Fsp3) is 0.476. The molecule has 4 rings (SSSR count). The number of likely N-dealkylation sites (tertiary alicyclic amines) is 1. The molecule has 7 heteroatoms. The molecule has 2 heterocycles. The van der Waals surface area contributed by atoms with Crippen molar-refractivity contribution in [3.63, 3.8) is 0 Å². The summed E-state index contributed by atoms with van der Waals surface area (Å²) in [5.74, 6) is 1.63. The summed E-state index contributed by atoms with van der Waals surface area (Å²) in [5, 5.41) is 4.60. The molecule has 148 valence electrons. The van der Waals surface area contributed by atoms with Gasteiger partial charge in [0.1, 0.15) is 11.5 Å². The van der Waals surface area contributed by atoms with Gasteiger partial charge in [-0.15, -0.1) is 0 Å². The van der Waals surface area contributed by atoms with Crippen LogP contribution in [0.3, 0.4) is 0 Å². The van der Waals surface area contributed by atoms with Crippen LogP contribution in [0.15, 0.2) is 35.1 Å². The van der Waals surface area contributed by atoms with E-state index in [0.717, 1.165) is 18.5 Å². The van der Waals surface area contributed by atoms with E-state index in [4.69, 9.17) is 9.47 Å². The van der Waals surface area contributed by atoms with Crippen molar-refractivity contribution in [3.05, 3.63) is 51.9 Å². The average Bonchev–Trinajstić information content (AvgIpc) is 3.58. The molecule has 2 aliphatic rings. The zero-order valence-corrected chi connectivity index (χ0v) is 16.3. The second-order valence-electron chi connectivity index (χ2n) is 7.44. The van der Waals surface area contributed by atoms with Gasteiger partial charge in [-0.05, 0) is 43.9 Å². The standard InChI is InChI=1S/C21H25N3O4/c1-27-17-11-15(12-18(13-17)28-2)21(26)23-9-7-16(8-10-23)24-20(25)6-5-19(22-24)14-3-4-14/h5-6,11-14,16H,3-4,7-10H2,1-2H3. The van der Waals surface area contributed by atoms with Gasteiger partial charge < -0.3 is 14.4 Å². The number of carbonyl (C=O) groups excluding carboxylic acids is 1. The van der Waals surface area contributed by atoms with E-state index in [1.165, 1.54) is 0 Å². The highest BCUT2D eigenvalue weighted by molar-refractivity contribution is 5.95. The highest BCUT2D eigenvalue weighted by atomic mass is 16.5. The Bertz CT molecular complexity index is 905. The molecule has 7 nitrogen and oxygen atoms in total. The Labute approximate surface area is 163 Å². The lowest BCUT2D eigenvalue weighted by Crippen LogP contribution is -2.41. The number of carbonyl (C=O) groups is 1. The minimum absolute atomic E-state index is 0.0371. The van der Waals surface area contributed by atoms with E-state index < -0.39 is 0 Å². The van der Waals surface area contributed by atoms with Crippen molar-refractivity contribution < 1.29 is 14.3 Å². The van der Waals surface area contributed by atoms with Crippen molar-refractivity contribution in [1.29, 1.82) is 0 Å². The largest absolute Gasteiger partial charge is 0.497 e. The third-order valence-corrected chi connectivity index (χ3v) is 5.54. The molecule has 28 heavy (non-hydrogen) atoms. The highest BCUT2D eigenvalue weighted by Gasteiger charge is 2.29. The van der Waals surface area contributed by atoms with Crippen LogP contribution in [-0.2, 0) is 0 Å². The zero-order valence-electron chi connectivity index (χ0n) is 16.3. The number of amides is 1. The van der Waals surface area contributed by atoms with Crippen LogP contribution in [0.4, 0.5) is 0 Å². The third kappa shape index (κ3) is 3.74. The van der Waals surface area contributed by atoms with E-state index in [1.54, 1.807) is 43.2 Å². The summed E-state index contributed by atoms with van der Waals surface area (Å²) in [4.78, 5) is 27.0. The van der Waals surface area contributed by atoms with E-state index >= 15 is 0 Å². The summed E-state index contributed by atoms with van der Waals surface area (Å²) >= 11 is 0. The molecule has 0 spiro atoms. The number of piperidine rings is 1. The predicted octanol–water partition coefficient (Wildman–Crippen LogP) is 2.62. The second kappa shape index (κ2) is 7.66. The van der Waals surface area contributed by atoms with Gasteiger partial charge in [-0.3, -0.25) is 9.59 Å². The number of aromatic nitrogens is 2.